The van der Waals surface area contributed by atoms with Gasteiger partial charge in [0.1, 0.15) is 11.8 Å². The molecule has 0 aromatic carbocycles. The Balaban J connectivity index is 5.57. The van der Waals surface area contributed by atoms with E-state index in [2.05, 4.69) is 20.8 Å². The van der Waals surface area contributed by atoms with Gasteiger partial charge >= 0.3 is 6.09 Å². The Bertz CT molecular complexity index is 412. The minimum atomic E-state index is -2.62. The lowest BCUT2D eigenvalue weighted by Gasteiger charge is -2.41. The van der Waals surface area contributed by atoms with Crippen molar-refractivity contribution in [1.29, 1.82) is 0 Å². The first-order valence-electron chi connectivity index (χ1n) is 8.62. The molecule has 0 aromatic heterocycles. The fourth-order valence-electron chi connectivity index (χ4n) is 1.26. The van der Waals surface area contributed by atoms with Crippen LogP contribution < -0.4 is 0 Å². The molecule has 1 unspecified atom stereocenters. The second-order valence-corrected chi connectivity index (χ2v) is 12.3. The zero-order valence-electron chi connectivity index (χ0n) is 17.5. The van der Waals surface area contributed by atoms with Crippen LogP contribution in [0.3, 0.4) is 0 Å². The number of carbonyl (C=O) groups excluding carboxylic acids is 1. The number of rotatable bonds is 4. The monoisotopic (exact) mass is 306 g/mol. The molecule has 0 N–H and O–H groups in total. The highest BCUT2D eigenvalue weighted by Gasteiger charge is 2.40. The number of ether oxygens (including phenoxy) is 1. The van der Waals surface area contributed by atoms with Crippen molar-refractivity contribution in [3.05, 3.63) is 0 Å². The summed E-state index contributed by atoms with van der Waals surface area (Å²) in [6.45, 7) is 14.6. The molecule has 0 spiro atoms. The first-order valence-corrected chi connectivity index (χ1v) is 10.0. The molecule has 0 aliphatic carbocycles. The van der Waals surface area contributed by atoms with Crippen molar-refractivity contribution in [2.24, 2.45) is 0 Å². The summed E-state index contributed by atoms with van der Waals surface area (Å²) in [6.07, 6.45) is -1.33. The third-order valence-corrected chi connectivity index (χ3v) is 7.94. The largest absolute Gasteiger partial charge is 0.444 e. The third-order valence-electron chi connectivity index (χ3n) is 3.46. The van der Waals surface area contributed by atoms with E-state index in [9.17, 15) is 4.79 Å². The molecule has 0 rings (SSSR count). The molecule has 0 fully saturated rings. The number of hydrogen-bond donors (Lipinski definition) is 0. The highest BCUT2D eigenvalue weighted by atomic mass is 28.4. The molecular weight excluding hydrogens is 270 g/mol. The maximum atomic E-state index is 12.4. The number of carbonyl (C=O) groups is 1. The lowest BCUT2D eigenvalue weighted by atomic mass is 10.2. The van der Waals surface area contributed by atoms with Crippen LogP contribution in [0.4, 0.5) is 4.79 Å². The Hall–Kier alpha value is -0.553. The van der Waals surface area contributed by atoms with Crippen LogP contribution in [0.1, 0.15) is 59.0 Å². The third kappa shape index (κ3) is 5.83. The van der Waals surface area contributed by atoms with Crippen LogP contribution in [-0.2, 0) is 9.16 Å². The molecule has 4 nitrogen and oxygen atoms in total. The fraction of sp³-hybridized carbons (Fsp3) is 0.933. The van der Waals surface area contributed by atoms with Crippen molar-refractivity contribution in [3.63, 3.8) is 0 Å². The predicted molar refractivity (Wildman–Crippen MR) is 86.4 cm³/mol. The van der Waals surface area contributed by atoms with Crippen LogP contribution in [0.15, 0.2) is 0 Å². The number of amides is 1. The van der Waals surface area contributed by atoms with E-state index in [0.717, 1.165) is 4.90 Å². The van der Waals surface area contributed by atoms with Gasteiger partial charge in [-0.25, -0.2) is 4.79 Å². The summed E-state index contributed by atoms with van der Waals surface area (Å²) >= 11 is 0. The first-order chi connectivity index (χ1) is 9.92. The molecule has 0 heterocycles. The molecule has 0 aliphatic heterocycles. The lowest BCUT2D eigenvalue weighted by molar-refractivity contribution is -0.0159. The molecule has 0 saturated heterocycles. The molecule has 1 amide bonds. The molecule has 120 valence electrons. The smallest absolute Gasteiger partial charge is 0.412 e. The Morgan fingerprint density at radius 1 is 1.25 bits per heavy atom. The van der Waals surface area contributed by atoms with E-state index in [4.69, 9.17) is 13.3 Å². The van der Waals surface area contributed by atoms with Gasteiger partial charge < -0.3 is 9.16 Å². The summed E-state index contributed by atoms with van der Waals surface area (Å²) in [5.74, 6) is 0. The predicted octanol–water partition coefficient (Wildman–Crippen LogP) is 4.61. The molecule has 0 radical (unpaired) electrons. The maximum Gasteiger partial charge on any atom is 0.412 e. The molecule has 5 heteroatoms. The zero-order valence-corrected chi connectivity index (χ0v) is 15.5. The van der Waals surface area contributed by atoms with Gasteiger partial charge in [-0.15, -0.1) is 0 Å². The zero-order chi connectivity index (χ0) is 18.9. The van der Waals surface area contributed by atoms with E-state index in [1.165, 1.54) is 0 Å². The van der Waals surface area contributed by atoms with Gasteiger partial charge in [0.2, 0.25) is 0 Å². The van der Waals surface area contributed by atoms with Crippen molar-refractivity contribution in [1.82, 2.24) is 4.90 Å². The minimum Gasteiger partial charge on any atom is -0.444 e. The topological polar surface area (TPSA) is 38.8 Å². The molecule has 20 heavy (non-hydrogen) atoms. The van der Waals surface area contributed by atoms with Gasteiger partial charge in [-0.05, 0) is 45.3 Å². The van der Waals surface area contributed by atoms with Gasteiger partial charge in [-0.3, -0.25) is 4.90 Å². The van der Waals surface area contributed by atoms with E-state index < -0.39 is 33.2 Å². The average molecular weight is 307 g/mol. The van der Waals surface area contributed by atoms with E-state index in [1.54, 1.807) is 27.7 Å². The molecule has 0 aromatic rings. The standard InChI is InChI=1S/C15H33NO3Si/c1-11-12(19-20(9,10)15(5,6)7)16(8)13(17)18-14(2,3)4/h12H,11H2,1-10H3/i8D3. The van der Waals surface area contributed by atoms with Crippen LogP contribution in [0, 0.1) is 0 Å². The number of nitrogens with zero attached hydrogens (tertiary/aromatic N) is 1. The highest BCUT2D eigenvalue weighted by molar-refractivity contribution is 6.74. The minimum absolute atomic E-state index is 0.0885. The summed E-state index contributed by atoms with van der Waals surface area (Å²) in [5, 5.41) is -0.0885. The molecule has 1 atom stereocenters. The van der Waals surface area contributed by atoms with Crippen molar-refractivity contribution >= 4 is 14.4 Å². The molecular formula is C15H33NO3Si. The number of hydrogen-bond acceptors (Lipinski definition) is 3. The van der Waals surface area contributed by atoms with Crippen LogP contribution >= 0.6 is 0 Å². The average Bonchev–Trinajstić information content (AvgIpc) is 2.21. The Morgan fingerprint density at radius 3 is 2.05 bits per heavy atom. The van der Waals surface area contributed by atoms with Gasteiger partial charge in [0, 0.05) is 11.1 Å². The van der Waals surface area contributed by atoms with Crippen LogP contribution in [-0.4, -0.2) is 38.1 Å². The van der Waals surface area contributed by atoms with Gasteiger partial charge in [0.25, 0.3) is 0 Å². The van der Waals surface area contributed by atoms with Crippen LogP contribution in [0.2, 0.25) is 18.1 Å². The Morgan fingerprint density at radius 2 is 1.75 bits per heavy atom. The van der Waals surface area contributed by atoms with Gasteiger partial charge in [0.15, 0.2) is 8.32 Å². The maximum absolute atomic E-state index is 12.4. The fourth-order valence-corrected chi connectivity index (χ4v) is 2.57. The Labute approximate surface area is 130 Å². The summed E-state index contributed by atoms with van der Waals surface area (Å²) in [4.78, 5) is 13.2. The lowest BCUT2D eigenvalue weighted by Crippen LogP contribution is -2.50. The van der Waals surface area contributed by atoms with Crippen molar-refractivity contribution in [3.8, 4) is 0 Å². The van der Waals surface area contributed by atoms with E-state index >= 15 is 0 Å². The second kappa shape index (κ2) is 6.48. The van der Waals surface area contributed by atoms with Crippen LogP contribution in [0.25, 0.3) is 0 Å². The summed E-state index contributed by atoms with van der Waals surface area (Å²) < 4.78 is 34.6. The molecule has 0 aliphatic rings. The van der Waals surface area contributed by atoms with Crippen molar-refractivity contribution < 1.29 is 18.1 Å². The van der Waals surface area contributed by atoms with Gasteiger partial charge in [-0.1, -0.05) is 27.7 Å². The Kier molecular flexibility index (Phi) is 4.66. The second-order valence-electron chi connectivity index (χ2n) is 7.59. The van der Waals surface area contributed by atoms with Gasteiger partial charge in [0.05, 0.1) is 0 Å². The van der Waals surface area contributed by atoms with E-state index in [0.29, 0.717) is 6.42 Å². The van der Waals surface area contributed by atoms with Gasteiger partial charge in [-0.2, -0.15) is 0 Å². The first kappa shape index (κ1) is 14.4. The molecule has 0 saturated carbocycles. The van der Waals surface area contributed by atoms with E-state index in [-0.39, 0.29) is 5.04 Å². The van der Waals surface area contributed by atoms with Crippen LogP contribution in [0.5, 0.6) is 0 Å². The highest BCUT2D eigenvalue weighted by Crippen LogP contribution is 2.38. The quantitative estimate of drug-likeness (QED) is 0.562. The normalized spacial score (nSPS) is 17.8. The van der Waals surface area contributed by atoms with Crippen molar-refractivity contribution in [2.45, 2.75) is 84.8 Å². The summed E-state index contributed by atoms with van der Waals surface area (Å²) in [7, 11) is -2.23. The SMILES string of the molecule is [2H]C([2H])([2H])N(C(=O)OC(C)(C)C)C(CC)O[Si](C)(C)C(C)(C)C. The summed E-state index contributed by atoms with van der Waals surface area (Å²) in [5.41, 5.74) is -0.768. The molecule has 0 bridgehead atoms. The summed E-state index contributed by atoms with van der Waals surface area (Å²) in [6, 6.07) is 0. The van der Waals surface area contributed by atoms with E-state index in [1.807, 2.05) is 13.1 Å². The van der Waals surface area contributed by atoms with Crippen molar-refractivity contribution in [2.75, 3.05) is 6.98 Å².